The summed E-state index contributed by atoms with van der Waals surface area (Å²) in [6, 6.07) is 23.4. The van der Waals surface area contributed by atoms with E-state index in [0.29, 0.717) is 6.04 Å². The maximum Gasteiger partial charge on any atom is 0.0406 e. The van der Waals surface area contributed by atoms with Crippen LogP contribution in [-0.4, -0.2) is 0 Å². The maximum atomic E-state index is 5.92. The molecule has 0 aliphatic heterocycles. The summed E-state index contributed by atoms with van der Waals surface area (Å²) in [6.07, 6.45) is 0. The van der Waals surface area contributed by atoms with Gasteiger partial charge in [0.2, 0.25) is 0 Å². The molecule has 1 N–H and O–H groups in total. The minimum absolute atomic E-state index is 0.300. The van der Waals surface area contributed by atoms with E-state index >= 15 is 0 Å². The van der Waals surface area contributed by atoms with Crippen LogP contribution >= 0.6 is 11.6 Å². The molecule has 3 aromatic carbocycles. The smallest absolute Gasteiger partial charge is 0.0406 e. The SMILES string of the molecule is C[C@H](NCc1ccc2ccccc2c1)c1ccc(Cl)cc1. The first-order chi connectivity index (χ1) is 10.2. The van der Waals surface area contributed by atoms with Gasteiger partial charge in [-0.05, 0) is 47.0 Å². The Kier molecular flexibility index (Phi) is 4.23. The molecular weight excluding hydrogens is 278 g/mol. The molecule has 1 atom stereocenters. The van der Waals surface area contributed by atoms with Gasteiger partial charge in [0.1, 0.15) is 0 Å². The number of fused-ring (bicyclic) bond motifs is 1. The van der Waals surface area contributed by atoms with Gasteiger partial charge < -0.3 is 5.32 Å². The predicted octanol–water partition coefficient (Wildman–Crippen LogP) is 5.34. The van der Waals surface area contributed by atoms with Crippen molar-refractivity contribution in [1.82, 2.24) is 5.32 Å². The van der Waals surface area contributed by atoms with E-state index < -0.39 is 0 Å². The average molecular weight is 296 g/mol. The molecule has 0 aromatic heterocycles. The van der Waals surface area contributed by atoms with Gasteiger partial charge in [-0.1, -0.05) is 60.1 Å². The lowest BCUT2D eigenvalue weighted by Gasteiger charge is -2.14. The highest BCUT2D eigenvalue weighted by molar-refractivity contribution is 6.30. The maximum absolute atomic E-state index is 5.92. The van der Waals surface area contributed by atoms with Gasteiger partial charge in [0.15, 0.2) is 0 Å². The van der Waals surface area contributed by atoms with Crippen molar-refractivity contribution in [1.29, 1.82) is 0 Å². The number of benzene rings is 3. The van der Waals surface area contributed by atoms with E-state index in [2.05, 4.69) is 66.8 Å². The molecule has 0 heterocycles. The van der Waals surface area contributed by atoms with Crippen molar-refractivity contribution in [3.63, 3.8) is 0 Å². The van der Waals surface area contributed by atoms with Crippen LogP contribution in [0.2, 0.25) is 5.02 Å². The Hall–Kier alpha value is -1.83. The van der Waals surface area contributed by atoms with Gasteiger partial charge in [-0.2, -0.15) is 0 Å². The molecule has 106 valence electrons. The lowest BCUT2D eigenvalue weighted by Crippen LogP contribution is -2.17. The van der Waals surface area contributed by atoms with Crippen LogP contribution in [0, 0.1) is 0 Å². The van der Waals surface area contributed by atoms with Crippen LogP contribution in [-0.2, 0) is 6.54 Å². The number of nitrogens with one attached hydrogen (secondary N) is 1. The average Bonchev–Trinajstić information content (AvgIpc) is 2.53. The van der Waals surface area contributed by atoms with Crippen molar-refractivity contribution in [3.05, 3.63) is 82.9 Å². The standard InChI is InChI=1S/C19H18ClN/c1-14(16-8-10-19(20)11-9-16)21-13-15-6-7-17-4-2-3-5-18(17)12-15/h2-12,14,21H,13H2,1H3/t14-/m0/s1. The summed E-state index contributed by atoms with van der Waals surface area (Å²) in [6.45, 7) is 3.03. The Bertz CT molecular complexity index is 734. The van der Waals surface area contributed by atoms with Crippen molar-refractivity contribution >= 4 is 22.4 Å². The Balaban J connectivity index is 1.69. The highest BCUT2D eigenvalue weighted by Gasteiger charge is 2.05. The molecule has 0 amide bonds. The number of halogens is 1. The van der Waals surface area contributed by atoms with Crippen LogP contribution in [0.15, 0.2) is 66.7 Å². The predicted molar refractivity (Wildman–Crippen MR) is 90.7 cm³/mol. The highest BCUT2D eigenvalue weighted by atomic mass is 35.5. The van der Waals surface area contributed by atoms with E-state index in [-0.39, 0.29) is 0 Å². The molecule has 0 saturated carbocycles. The Labute approximate surface area is 130 Å². The topological polar surface area (TPSA) is 12.0 Å². The second-order valence-corrected chi connectivity index (χ2v) is 5.77. The molecule has 0 spiro atoms. The van der Waals surface area contributed by atoms with Crippen LogP contribution in [0.4, 0.5) is 0 Å². The number of rotatable bonds is 4. The molecule has 21 heavy (non-hydrogen) atoms. The highest BCUT2D eigenvalue weighted by Crippen LogP contribution is 2.18. The minimum atomic E-state index is 0.300. The van der Waals surface area contributed by atoms with E-state index in [4.69, 9.17) is 11.6 Å². The summed E-state index contributed by atoms with van der Waals surface area (Å²) in [7, 11) is 0. The molecule has 0 aliphatic carbocycles. The summed E-state index contributed by atoms with van der Waals surface area (Å²) in [5, 5.41) is 6.91. The molecule has 2 heteroatoms. The van der Waals surface area contributed by atoms with Crippen molar-refractivity contribution in [2.24, 2.45) is 0 Å². The van der Waals surface area contributed by atoms with E-state index in [1.54, 1.807) is 0 Å². The summed E-state index contributed by atoms with van der Waals surface area (Å²) in [4.78, 5) is 0. The van der Waals surface area contributed by atoms with Crippen LogP contribution in [0.3, 0.4) is 0 Å². The van der Waals surface area contributed by atoms with Crippen LogP contribution in [0.5, 0.6) is 0 Å². The monoisotopic (exact) mass is 295 g/mol. The molecule has 0 unspecified atom stereocenters. The zero-order valence-electron chi connectivity index (χ0n) is 12.0. The fraction of sp³-hybridized carbons (Fsp3) is 0.158. The summed E-state index contributed by atoms with van der Waals surface area (Å²) in [5.74, 6) is 0. The molecule has 0 aliphatic rings. The molecular formula is C19H18ClN. The van der Waals surface area contributed by atoms with Gasteiger partial charge in [0.05, 0.1) is 0 Å². The second-order valence-electron chi connectivity index (χ2n) is 5.34. The normalized spacial score (nSPS) is 12.5. The first-order valence-electron chi connectivity index (χ1n) is 7.19. The zero-order chi connectivity index (χ0) is 14.7. The van der Waals surface area contributed by atoms with E-state index in [0.717, 1.165) is 11.6 Å². The van der Waals surface area contributed by atoms with Crippen molar-refractivity contribution in [3.8, 4) is 0 Å². The third-order valence-corrected chi connectivity index (χ3v) is 4.05. The Morgan fingerprint density at radius 1 is 0.905 bits per heavy atom. The van der Waals surface area contributed by atoms with Crippen LogP contribution < -0.4 is 5.32 Å². The first kappa shape index (κ1) is 14.1. The van der Waals surface area contributed by atoms with Gasteiger partial charge >= 0.3 is 0 Å². The molecule has 1 nitrogen and oxygen atoms in total. The number of hydrogen-bond donors (Lipinski definition) is 1. The van der Waals surface area contributed by atoms with Crippen LogP contribution in [0.1, 0.15) is 24.1 Å². The molecule has 0 radical (unpaired) electrons. The largest absolute Gasteiger partial charge is 0.306 e. The summed E-state index contributed by atoms with van der Waals surface area (Å²) < 4.78 is 0. The fourth-order valence-corrected chi connectivity index (χ4v) is 2.61. The van der Waals surface area contributed by atoms with Crippen molar-refractivity contribution < 1.29 is 0 Å². The third kappa shape index (κ3) is 3.44. The quantitative estimate of drug-likeness (QED) is 0.684. The van der Waals surface area contributed by atoms with E-state index in [1.807, 2.05) is 12.1 Å². The summed E-state index contributed by atoms with van der Waals surface area (Å²) >= 11 is 5.92. The van der Waals surface area contributed by atoms with Gasteiger partial charge in [0.25, 0.3) is 0 Å². The zero-order valence-corrected chi connectivity index (χ0v) is 12.8. The van der Waals surface area contributed by atoms with Gasteiger partial charge in [0, 0.05) is 17.6 Å². The van der Waals surface area contributed by atoms with Crippen molar-refractivity contribution in [2.75, 3.05) is 0 Å². The third-order valence-electron chi connectivity index (χ3n) is 3.80. The van der Waals surface area contributed by atoms with E-state index in [1.165, 1.54) is 21.9 Å². The van der Waals surface area contributed by atoms with Gasteiger partial charge in [-0.3, -0.25) is 0 Å². The summed E-state index contributed by atoms with van der Waals surface area (Å²) in [5.41, 5.74) is 2.55. The molecule has 0 saturated heterocycles. The molecule has 0 fully saturated rings. The Morgan fingerprint density at radius 3 is 2.38 bits per heavy atom. The molecule has 3 rings (SSSR count). The lowest BCUT2D eigenvalue weighted by molar-refractivity contribution is 0.575. The van der Waals surface area contributed by atoms with Crippen molar-refractivity contribution in [2.45, 2.75) is 19.5 Å². The number of hydrogen-bond acceptors (Lipinski definition) is 1. The fourth-order valence-electron chi connectivity index (χ4n) is 2.49. The minimum Gasteiger partial charge on any atom is -0.306 e. The van der Waals surface area contributed by atoms with Crippen LogP contribution in [0.25, 0.3) is 10.8 Å². The lowest BCUT2D eigenvalue weighted by atomic mass is 10.1. The first-order valence-corrected chi connectivity index (χ1v) is 7.57. The van der Waals surface area contributed by atoms with Gasteiger partial charge in [-0.15, -0.1) is 0 Å². The van der Waals surface area contributed by atoms with Gasteiger partial charge in [-0.25, -0.2) is 0 Å². The second kappa shape index (κ2) is 6.30. The Morgan fingerprint density at radius 2 is 1.62 bits per heavy atom. The molecule has 0 bridgehead atoms. The molecule has 3 aromatic rings. The van der Waals surface area contributed by atoms with E-state index in [9.17, 15) is 0 Å².